The minimum Gasteiger partial charge on any atom is -0.477 e. The van der Waals surface area contributed by atoms with E-state index in [2.05, 4.69) is 4.74 Å². The van der Waals surface area contributed by atoms with Gasteiger partial charge in [0, 0.05) is 0 Å². The van der Waals surface area contributed by atoms with Gasteiger partial charge in [0.2, 0.25) is 6.10 Å². The molecule has 1 aromatic carbocycles. The third kappa shape index (κ3) is 3.63. The zero-order chi connectivity index (χ0) is 13.8. The molecule has 0 saturated carbocycles. The highest BCUT2D eigenvalue weighted by Crippen LogP contribution is 2.24. The van der Waals surface area contributed by atoms with E-state index in [1.165, 1.54) is 12.1 Å². The summed E-state index contributed by atoms with van der Waals surface area (Å²) in [6, 6.07) is 5.15. The monoisotopic (exact) mass is 263 g/mol. The van der Waals surface area contributed by atoms with Gasteiger partial charge in [-0.25, -0.2) is 4.79 Å². The number of methoxy groups -OCH3 is 1. The van der Waals surface area contributed by atoms with Crippen LogP contribution in [-0.2, 0) is 9.53 Å². The molecule has 0 bridgehead atoms. The van der Waals surface area contributed by atoms with Crippen molar-refractivity contribution >= 4 is 5.97 Å². The molecule has 0 spiro atoms. The predicted octanol–water partition coefficient (Wildman–Crippen LogP) is 1.50. The van der Waals surface area contributed by atoms with E-state index in [1.807, 2.05) is 0 Å². The SMILES string of the molecule is COC(=O)[C@@H](Oc1ccccc1)[C@H](N)C(F)(F)F. The summed E-state index contributed by atoms with van der Waals surface area (Å²) < 4.78 is 46.7. The van der Waals surface area contributed by atoms with Gasteiger partial charge in [0.15, 0.2) is 0 Å². The summed E-state index contributed by atoms with van der Waals surface area (Å²) in [5, 5.41) is 0. The Morgan fingerprint density at radius 2 is 1.83 bits per heavy atom. The average Bonchev–Trinajstić information content (AvgIpc) is 2.34. The molecule has 0 radical (unpaired) electrons. The highest BCUT2D eigenvalue weighted by molar-refractivity contribution is 5.76. The molecule has 4 nitrogen and oxygen atoms in total. The van der Waals surface area contributed by atoms with E-state index in [4.69, 9.17) is 10.5 Å². The Kier molecular flexibility index (Phi) is 4.55. The molecule has 0 aliphatic heterocycles. The average molecular weight is 263 g/mol. The second-order valence-corrected chi connectivity index (χ2v) is 3.44. The first-order valence-corrected chi connectivity index (χ1v) is 4.98. The van der Waals surface area contributed by atoms with Crippen molar-refractivity contribution in [3.63, 3.8) is 0 Å². The van der Waals surface area contributed by atoms with Crippen molar-refractivity contribution in [2.45, 2.75) is 18.3 Å². The largest absolute Gasteiger partial charge is 0.477 e. The van der Waals surface area contributed by atoms with Crippen molar-refractivity contribution in [2.24, 2.45) is 5.73 Å². The lowest BCUT2D eigenvalue weighted by Crippen LogP contribution is -2.53. The number of carbonyl (C=O) groups excluding carboxylic acids is 1. The van der Waals surface area contributed by atoms with E-state index in [0.717, 1.165) is 7.11 Å². The summed E-state index contributed by atoms with van der Waals surface area (Å²) in [7, 11) is 0.965. The van der Waals surface area contributed by atoms with E-state index >= 15 is 0 Å². The lowest BCUT2D eigenvalue weighted by atomic mass is 10.1. The van der Waals surface area contributed by atoms with Crippen LogP contribution in [0.2, 0.25) is 0 Å². The summed E-state index contributed by atoms with van der Waals surface area (Å²) in [5.74, 6) is -1.07. The molecule has 18 heavy (non-hydrogen) atoms. The van der Waals surface area contributed by atoms with E-state index in [1.54, 1.807) is 18.2 Å². The zero-order valence-corrected chi connectivity index (χ0v) is 9.48. The van der Waals surface area contributed by atoms with Crippen LogP contribution < -0.4 is 10.5 Å². The number of para-hydroxylation sites is 1. The molecule has 0 saturated heterocycles. The summed E-state index contributed by atoms with van der Waals surface area (Å²) in [4.78, 5) is 11.3. The number of rotatable bonds is 4. The van der Waals surface area contributed by atoms with Crippen molar-refractivity contribution < 1.29 is 27.4 Å². The number of hydrogen-bond donors (Lipinski definition) is 1. The van der Waals surface area contributed by atoms with Gasteiger partial charge in [-0.1, -0.05) is 18.2 Å². The fourth-order valence-corrected chi connectivity index (χ4v) is 1.20. The molecule has 0 fully saturated rings. The van der Waals surface area contributed by atoms with E-state index in [0.29, 0.717) is 0 Å². The summed E-state index contributed by atoms with van der Waals surface area (Å²) in [6.45, 7) is 0. The standard InChI is InChI=1S/C11H12F3NO3/c1-17-10(16)8(9(15)11(12,13)14)18-7-5-3-2-4-6-7/h2-6,8-9H,15H2,1H3/t8-,9-/m0/s1. The van der Waals surface area contributed by atoms with Crippen LogP contribution >= 0.6 is 0 Å². The molecule has 0 unspecified atom stereocenters. The van der Waals surface area contributed by atoms with Crippen LogP contribution in [0.5, 0.6) is 5.75 Å². The van der Waals surface area contributed by atoms with E-state index in [9.17, 15) is 18.0 Å². The number of benzene rings is 1. The molecule has 0 heterocycles. The molecule has 1 aromatic rings. The van der Waals surface area contributed by atoms with Crippen LogP contribution in [-0.4, -0.2) is 31.4 Å². The summed E-state index contributed by atoms with van der Waals surface area (Å²) in [5.41, 5.74) is 4.97. The third-order valence-corrected chi connectivity index (χ3v) is 2.14. The number of alkyl halides is 3. The lowest BCUT2D eigenvalue weighted by molar-refractivity contribution is -0.181. The number of esters is 1. The minimum atomic E-state index is -4.76. The Morgan fingerprint density at radius 1 is 1.28 bits per heavy atom. The third-order valence-electron chi connectivity index (χ3n) is 2.14. The lowest BCUT2D eigenvalue weighted by Gasteiger charge is -2.24. The van der Waals surface area contributed by atoms with Crippen LogP contribution in [0, 0.1) is 0 Å². The number of halogens is 3. The molecule has 1 rings (SSSR count). The van der Waals surface area contributed by atoms with Gasteiger partial charge in [-0.3, -0.25) is 0 Å². The van der Waals surface area contributed by atoms with Gasteiger partial charge in [0.05, 0.1) is 7.11 Å². The molecule has 100 valence electrons. The first-order valence-electron chi connectivity index (χ1n) is 4.98. The van der Waals surface area contributed by atoms with Gasteiger partial charge in [-0.05, 0) is 12.1 Å². The van der Waals surface area contributed by atoms with Crippen molar-refractivity contribution in [1.82, 2.24) is 0 Å². The molecule has 7 heteroatoms. The van der Waals surface area contributed by atoms with Crippen LogP contribution in [0.25, 0.3) is 0 Å². The van der Waals surface area contributed by atoms with Crippen LogP contribution in [0.15, 0.2) is 30.3 Å². The van der Waals surface area contributed by atoms with Crippen LogP contribution in [0.3, 0.4) is 0 Å². The number of carbonyl (C=O) groups is 1. The maximum atomic E-state index is 12.5. The van der Waals surface area contributed by atoms with Gasteiger partial charge >= 0.3 is 12.1 Å². The second kappa shape index (κ2) is 5.72. The Morgan fingerprint density at radius 3 is 2.28 bits per heavy atom. The Labute approximate surface area is 101 Å². The van der Waals surface area contributed by atoms with Crippen molar-refractivity contribution in [1.29, 1.82) is 0 Å². The molecular weight excluding hydrogens is 251 g/mol. The molecule has 0 amide bonds. The first-order chi connectivity index (χ1) is 8.36. The van der Waals surface area contributed by atoms with Gasteiger partial charge in [0.1, 0.15) is 11.8 Å². The Balaban J connectivity index is 2.90. The fraction of sp³-hybridized carbons (Fsp3) is 0.364. The van der Waals surface area contributed by atoms with Crippen molar-refractivity contribution in [2.75, 3.05) is 7.11 Å². The van der Waals surface area contributed by atoms with Crippen LogP contribution in [0.1, 0.15) is 0 Å². The molecule has 0 aromatic heterocycles. The topological polar surface area (TPSA) is 61.5 Å². The van der Waals surface area contributed by atoms with Gasteiger partial charge in [-0.2, -0.15) is 13.2 Å². The van der Waals surface area contributed by atoms with Gasteiger partial charge < -0.3 is 15.2 Å². The summed E-state index contributed by atoms with van der Waals surface area (Å²) >= 11 is 0. The molecule has 0 aliphatic rings. The zero-order valence-electron chi connectivity index (χ0n) is 9.48. The van der Waals surface area contributed by atoms with Crippen LogP contribution in [0.4, 0.5) is 13.2 Å². The maximum Gasteiger partial charge on any atom is 0.407 e. The molecule has 2 atom stereocenters. The second-order valence-electron chi connectivity index (χ2n) is 3.44. The van der Waals surface area contributed by atoms with Gasteiger partial charge in [0.25, 0.3) is 0 Å². The Hall–Kier alpha value is -1.76. The Bertz CT molecular complexity index is 394. The van der Waals surface area contributed by atoms with Crippen molar-refractivity contribution in [3.8, 4) is 5.75 Å². The quantitative estimate of drug-likeness (QED) is 0.836. The highest BCUT2D eigenvalue weighted by Gasteiger charge is 2.47. The summed E-state index contributed by atoms with van der Waals surface area (Å²) in [6.07, 6.45) is -6.69. The van der Waals surface area contributed by atoms with E-state index in [-0.39, 0.29) is 5.75 Å². The smallest absolute Gasteiger partial charge is 0.407 e. The number of nitrogens with two attached hydrogens (primary N) is 1. The maximum absolute atomic E-state index is 12.5. The minimum absolute atomic E-state index is 0.104. The van der Waals surface area contributed by atoms with Crippen molar-refractivity contribution in [3.05, 3.63) is 30.3 Å². The first kappa shape index (κ1) is 14.3. The predicted molar refractivity (Wildman–Crippen MR) is 56.9 cm³/mol. The van der Waals surface area contributed by atoms with E-state index < -0.39 is 24.3 Å². The number of hydrogen-bond acceptors (Lipinski definition) is 4. The highest BCUT2D eigenvalue weighted by atomic mass is 19.4. The fourth-order valence-electron chi connectivity index (χ4n) is 1.20. The normalized spacial score (nSPS) is 14.7. The molecular formula is C11H12F3NO3. The number of ether oxygens (including phenoxy) is 2. The molecule has 2 N–H and O–H groups in total. The van der Waals surface area contributed by atoms with Gasteiger partial charge in [-0.15, -0.1) is 0 Å². The molecule has 0 aliphatic carbocycles.